The summed E-state index contributed by atoms with van der Waals surface area (Å²) in [6.45, 7) is 3.52. The van der Waals surface area contributed by atoms with Gasteiger partial charge in [0, 0.05) is 39.8 Å². The number of aromatic nitrogens is 1. The van der Waals surface area contributed by atoms with Gasteiger partial charge in [-0.15, -0.1) is 0 Å². The van der Waals surface area contributed by atoms with Crippen molar-refractivity contribution in [2.24, 2.45) is 0 Å². The summed E-state index contributed by atoms with van der Waals surface area (Å²) in [7, 11) is 1.11. The van der Waals surface area contributed by atoms with E-state index in [1.807, 2.05) is 0 Å². The van der Waals surface area contributed by atoms with Gasteiger partial charge >= 0.3 is 35.5 Å². The van der Waals surface area contributed by atoms with Crippen molar-refractivity contribution in [3.63, 3.8) is 0 Å². The molecule has 0 bridgehead atoms. The van der Waals surface area contributed by atoms with E-state index in [0.717, 1.165) is 34.8 Å². The molecule has 0 aromatic carbocycles. The van der Waals surface area contributed by atoms with Crippen molar-refractivity contribution in [3.8, 4) is 0 Å². The van der Waals surface area contributed by atoms with E-state index in [4.69, 9.17) is 28.4 Å². The molecule has 1 aromatic heterocycles. The molecule has 1 aliphatic rings. The third-order valence-corrected chi connectivity index (χ3v) is 4.76. The van der Waals surface area contributed by atoms with Crippen molar-refractivity contribution in [1.82, 2.24) is 0 Å². The first-order chi connectivity index (χ1) is 16.9. The lowest BCUT2D eigenvalue weighted by Gasteiger charge is -2.43. The fraction of sp³-hybridized carbons (Fsp3) is 0.545. The molecule has 0 saturated carbocycles. The number of hydrogen-bond donors (Lipinski definition) is 0. The van der Waals surface area contributed by atoms with Crippen LogP contribution in [0.4, 0.5) is 0 Å². The lowest BCUT2D eigenvalue weighted by Crippen LogP contribution is -2.63. The highest BCUT2D eigenvalue weighted by Crippen LogP contribution is 2.30. The summed E-state index contributed by atoms with van der Waals surface area (Å²) in [6, 6.07) is 4.04. The molecule has 1 aromatic rings. The molecule has 1 fully saturated rings. The Labute approximate surface area is 205 Å². The van der Waals surface area contributed by atoms with Gasteiger partial charge in [0.1, 0.15) is 19.3 Å². The molecule has 14 nitrogen and oxygen atoms in total. The first-order valence-electron chi connectivity index (χ1n) is 10.7. The number of pyridine rings is 1. The minimum Gasteiger partial charge on any atom is -0.618 e. The summed E-state index contributed by atoms with van der Waals surface area (Å²) < 4.78 is 37.2. The van der Waals surface area contributed by atoms with Crippen molar-refractivity contribution in [2.75, 3.05) is 13.7 Å². The predicted molar refractivity (Wildman–Crippen MR) is 113 cm³/mol. The first-order valence-corrected chi connectivity index (χ1v) is 10.7. The van der Waals surface area contributed by atoms with Gasteiger partial charge in [-0.2, -0.15) is 4.73 Å². The van der Waals surface area contributed by atoms with Gasteiger partial charge < -0.3 is 38.4 Å². The standard InChI is InChI=1S/C22H27NO13/c1-11(24)31-10-17-18(33-12(2)25)19(34-13(3)26)20(35-14(4)27)22(36-17)32-9-15-7-6-8-16(23(15)29)21(28)30-5/h6-8,17-20,22H,9-10H2,1-5H3/t17-,18+,19+,20-,22-/m1/s1. The predicted octanol–water partition coefficient (Wildman–Crippen LogP) is -0.294. The molecule has 14 heteroatoms. The molecule has 0 aliphatic carbocycles. The highest BCUT2D eigenvalue weighted by atomic mass is 16.7. The van der Waals surface area contributed by atoms with Gasteiger partial charge in [-0.1, -0.05) is 0 Å². The van der Waals surface area contributed by atoms with Gasteiger partial charge in [0.25, 0.3) is 0 Å². The number of methoxy groups -OCH3 is 1. The molecule has 0 unspecified atom stereocenters. The van der Waals surface area contributed by atoms with Crippen LogP contribution in [0.15, 0.2) is 18.2 Å². The zero-order valence-corrected chi connectivity index (χ0v) is 20.3. The Morgan fingerprint density at radius 2 is 1.47 bits per heavy atom. The molecule has 2 heterocycles. The zero-order chi connectivity index (χ0) is 27.0. The quantitative estimate of drug-likeness (QED) is 0.182. The molecule has 1 saturated heterocycles. The third kappa shape index (κ3) is 7.61. The van der Waals surface area contributed by atoms with Crippen LogP contribution in [0.2, 0.25) is 0 Å². The van der Waals surface area contributed by atoms with E-state index in [9.17, 15) is 29.2 Å². The molecule has 5 atom stereocenters. The van der Waals surface area contributed by atoms with Gasteiger partial charge in [-0.05, 0) is 6.07 Å². The largest absolute Gasteiger partial charge is 0.618 e. The summed E-state index contributed by atoms with van der Waals surface area (Å²) in [5.41, 5.74) is -0.342. The number of nitrogens with zero attached hydrogens (tertiary/aromatic N) is 1. The molecular formula is C22H27NO13. The van der Waals surface area contributed by atoms with Crippen molar-refractivity contribution < 1.29 is 61.9 Å². The van der Waals surface area contributed by atoms with Crippen LogP contribution >= 0.6 is 0 Å². The number of ether oxygens (including phenoxy) is 7. The Morgan fingerprint density at radius 1 is 0.889 bits per heavy atom. The average Bonchev–Trinajstić information content (AvgIpc) is 2.79. The van der Waals surface area contributed by atoms with Crippen LogP contribution < -0.4 is 4.73 Å². The molecule has 2 rings (SSSR count). The Hall–Kier alpha value is -3.78. The Bertz CT molecular complexity index is 994. The van der Waals surface area contributed by atoms with Crippen LogP contribution in [0.1, 0.15) is 43.9 Å². The second kappa shape index (κ2) is 12.8. The number of hydrogen-bond acceptors (Lipinski definition) is 13. The minimum absolute atomic E-state index is 0.0363. The highest BCUT2D eigenvalue weighted by Gasteiger charge is 2.53. The topological polar surface area (TPSA) is 177 Å². The summed E-state index contributed by atoms with van der Waals surface area (Å²) in [6.07, 6.45) is -6.90. The average molecular weight is 513 g/mol. The number of carbonyl (C=O) groups excluding carboxylic acids is 5. The monoisotopic (exact) mass is 513 g/mol. The fourth-order valence-electron chi connectivity index (χ4n) is 3.39. The van der Waals surface area contributed by atoms with Crippen LogP contribution in [0.5, 0.6) is 0 Å². The van der Waals surface area contributed by atoms with Gasteiger partial charge in [0.05, 0.1) is 7.11 Å². The van der Waals surface area contributed by atoms with Gasteiger partial charge in [-0.3, -0.25) is 19.2 Å². The SMILES string of the molecule is COC(=O)c1cccc(CO[C@@H]2O[C@H](COC(C)=O)[C@H](OC(C)=O)[C@H](OC(C)=O)[C@H]2OC(C)=O)[n+]1[O-]. The van der Waals surface area contributed by atoms with E-state index in [0.29, 0.717) is 0 Å². The van der Waals surface area contributed by atoms with E-state index in [2.05, 4.69) is 4.74 Å². The van der Waals surface area contributed by atoms with Crippen molar-refractivity contribution in [2.45, 2.75) is 65.0 Å². The van der Waals surface area contributed by atoms with Crippen LogP contribution in [-0.4, -0.2) is 74.3 Å². The first kappa shape index (κ1) is 28.5. The molecule has 0 amide bonds. The Kier molecular flexibility index (Phi) is 10.1. The molecule has 1 aliphatic heterocycles. The van der Waals surface area contributed by atoms with Gasteiger partial charge in [-0.25, -0.2) is 4.79 Å². The van der Waals surface area contributed by atoms with Crippen LogP contribution in [-0.2, 0) is 58.9 Å². The minimum atomic E-state index is -1.48. The summed E-state index contributed by atoms with van der Waals surface area (Å²) in [5, 5.41) is 12.6. The lowest BCUT2D eigenvalue weighted by molar-refractivity contribution is -0.620. The number of esters is 5. The summed E-state index contributed by atoms with van der Waals surface area (Å²) in [5.74, 6) is -3.93. The lowest BCUT2D eigenvalue weighted by atomic mass is 9.98. The van der Waals surface area contributed by atoms with E-state index in [1.165, 1.54) is 18.2 Å². The van der Waals surface area contributed by atoms with E-state index in [-0.39, 0.29) is 16.1 Å². The summed E-state index contributed by atoms with van der Waals surface area (Å²) in [4.78, 5) is 58.6. The maximum Gasteiger partial charge on any atom is 0.404 e. The fourth-order valence-corrected chi connectivity index (χ4v) is 3.39. The van der Waals surface area contributed by atoms with Crippen LogP contribution in [0.3, 0.4) is 0 Å². The van der Waals surface area contributed by atoms with Crippen molar-refractivity contribution in [3.05, 3.63) is 34.8 Å². The molecule has 0 spiro atoms. The smallest absolute Gasteiger partial charge is 0.404 e. The molecule has 0 N–H and O–H groups in total. The maximum absolute atomic E-state index is 12.6. The molecule has 36 heavy (non-hydrogen) atoms. The van der Waals surface area contributed by atoms with Crippen molar-refractivity contribution >= 4 is 29.8 Å². The van der Waals surface area contributed by atoms with Gasteiger partial charge in [0.15, 0.2) is 24.6 Å². The zero-order valence-electron chi connectivity index (χ0n) is 20.3. The number of carbonyl (C=O) groups is 5. The normalized spacial score (nSPS) is 23.2. The number of rotatable bonds is 9. The summed E-state index contributed by atoms with van der Waals surface area (Å²) >= 11 is 0. The molecule has 0 radical (unpaired) electrons. The van der Waals surface area contributed by atoms with E-state index >= 15 is 0 Å². The van der Waals surface area contributed by atoms with E-state index < -0.39 is 73.8 Å². The van der Waals surface area contributed by atoms with E-state index in [1.54, 1.807) is 0 Å². The van der Waals surface area contributed by atoms with Gasteiger partial charge in [0.2, 0.25) is 5.69 Å². The second-order valence-corrected chi connectivity index (χ2v) is 7.57. The van der Waals surface area contributed by atoms with Crippen molar-refractivity contribution in [1.29, 1.82) is 0 Å². The van der Waals surface area contributed by atoms with Crippen LogP contribution in [0, 0.1) is 5.21 Å². The second-order valence-electron chi connectivity index (χ2n) is 7.57. The maximum atomic E-state index is 12.6. The highest BCUT2D eigenvalue weighted by molar-refractivity contribution is 5.85. The molecule has 198 valence electrons. The Morgan fingerprint density at radius 3 is 2.03 bits per heavy atom. The Balaban J connectivity index is 2.42. The van der Waals surface area contributed by atoms with Crippen LogP contribution in [0.25, 0.3) is 0 Å². The third-order valence-electron chi connectivity index (χ3n) is 4.76. The molecular weight excluding hydrogens is 486 g/mol.